The molecule has 0 spiro atoms. The fourth-order valence-corrected chi connectivity index (χ4v) is 2.28. The molecule has 2 aromatic rings. The molecule has 0 fully saturated rings. The van der Waals surface area contributed by atoms with Gasteiger partial charge in [-0.3, -0.25) is 4.79 Å². The summed E-state index contributed by atoms with van der Waals surface area (Å²) in [4.78, 5) is 23.2. The van der Waals surface area contributed by atoms with Crippen molar-refractivity contribution in [3.05, 3.63) is 39.2 Å². The highest BCUT2D eigenvalue weighted by Gasteiger charge is 2.19. The summed E-state index contributed by atoms with van der Waals surface area (Å²) in [5.74, 6) is 0.137. The first-order chi connectivity index (χ1) is 9.45. The molecule has 1 heterocycles. The predicted molar refractivity (Wildman–Crippen MR) is 73.1 cm³/mol. The number of aryl methyl sites for hydroxylation is 2. The number of rotatable bonds is 3. The number of hydrogen-bond acceptors (Lipinski definition) is 5. The number of ether oxygens (including phenoxy) is 1. The first kappa shape index (κ1) is 13.8. The number of Topliss-reactive ketones (excluding diaryl/α,β-unsaturated/α-hetero) is 1. The van der Waals surface area contributed by atoms with Gasteiger partial charge in [0, 0.05) is 6.07 Å². The summed E-state index contributed by atoms with van der Waals surface area (Å²) in [6, 6.07) is 4.84. The molecule has 1 aromatic carbocycles. The molecule has 0 aliphatic heterocycles. The second-order valence-corrected chi connectivity index (χ2v) is 4.52. The van der Waals surface area contributed by atoms with Gasteiger partial charge in [0.15, 0.2) is 12.4 Å². The number of carbonyl (C=O) groups excluding carboxylic acids is 1. The zero-order valence-corrected chi connectivity index (χ0v) is 11.4. The molecule has 0 saturated heterocycles. The molecular weight excluding hydrogens is 258 g/mol. The maximum Gasteiger partial charge on any atom is 0.336 e. The van der Waals surface area contributed by atoms with Crippen molar-refractivity contribution >= 4 is 16.8 Å². The second kappa shape index (κ2) is 5.17. The Bertz CT molecular complexity index is 796. The summed E-state index contributed by atoms with van der Waals surface area (Å²) >= 11 is 0. The van der Waals surface area contributed by atoms with Crippen molar-refractivity contribution in [3.63, 3.8) is 0 Å². The third-order valence-electron chi connectivity index (χ3n) is 3.01. The van der Waals surface area contributed by atoms with Crippen molar-refractivity contribution in [3.8, 4) is 11.8 Å². The van der Waals surface area contributed by atoms with Crippen molar-refractivity contribution in [2.24, 2.45) is 0 Å². The summed E-state index contributed by atoms with van der Waals surface area (Å²) in [6.45, 7) is 4.72. The van der Waals surface area contributed by atoms with Crippen molar-refractivity contribution in [2.45, 2.75) is 20.8 Å². The summed E-state index contributed by atoms with van der Waals surface area (Å²) in [6.07, 6.45) is 0. The van der Waals surface area contributed by atoms with Crippen molar-refractivity contribution in [2.75, 3.05) is 6.61 Å². The molecule has 0 bridgehead atoms. The number of nitriles is 1. The maximum absolute atomic E-state index is 11.8. The topological polar surface area (TPSA) is 80.3 Å². The van der Waals surface area contributed by atoms with E-state index in [1.165, 1.54) is 13.0 Å². The number of hydrogen-bond donors (Lipinski definition) is 0. The molecule has 5 nitrogen and oxygen atoms in total. The summed E-state index contributed by atoms with van der Waals surface area (Å²) in [7, 11) is 0. The molecule has 0 aliphatic rings. The van der Waals surface area contributed by atoms with Crippen LogP contribution in [0.3, 0.4) is 0 Å². The average molecular weight is 271 g/mol. The highest BCUT2D eigenvalue weighted by molar-refractivity contribution is 6.04. The Hall–Kier alpha value is -2.61. The van der Waals surface area contributed by atoms with Crippen molar-refractivity contribution in [1.29, 1.82) is 5.26 Å². The molecule has 0 amide bonds. The van der Waals surface area contributed by atoms with Gasteiger partial charge in [-0.1, -0.05) is 0 Å². The maximum atomic E-state index is 11.8. The number of fused-ring (bicyclic) bond motifs is 1. The Morgan fingerprint density at radius 3 is 2.65 bits per heavy atom. The van der Waals surface area contributed by atoms with Gasteiger partial charge in [-0.05, 0) is 38.0 Å². The van der Waals surface area contributed by atoms with E-state index in [1.807, 2.05) is 6.07 Å². The molecule has 0 aliphatic carbocycles. The van der Waals surface area contributed by atoms with Gasteiger partial charge in [-0.2, -0.15) is 5.26 Å². The SMILES string of the molecule is CC(=O)c1c(C)cc2oc(=O)cc(C)c2c1OCC#N. The number of nitrogens with zero attached hydrogens (tertiary/aromatic N) is 1. The van der Waals surface area contributed by atoms with Crippen LogP contribution in [0.25, 0.3) is 11.0 Å². The van der Waals surface area contributed by atoms with Gasteiger partial charge in [0.1, 0.15) is 17.4 Å². The lowest BCUT2D eigenvalue weighted by atomic mass is 9.99. The van der Waals surface area contributed by atoms with Crippen LogP contribution in [0.15, 0.2) is 21.3 Å². The fraction of sp³-hybridized carbons (Fsp3) is 0.267. The summed E-state index contributed by atoms with van der Waals surface area (Å²) < 4.78 is 10.6. The number of carbonyl (C=O) groups is 1. The highest BCUT2D eigenvalue weighted by atomic mass is 16.5. The van der Waals surface area contributed by atoms with E-state index in [-0.39, 0.29) is 12.4 Å². The van der Waals surface area contributed by atoms with Gasteiger partial charge in [0.25, 0.3) is 0 Å². The van der Waals surface area contributed by atoms with Crippen LogP contribution in [0.2, 0.25) is 0 Å². The van der Waals surface area contributed by atoms with Crippen LogP contribution < -0.4 is 10.4 Å². The van der Waals surface area contributed by atoms with E-state index in [9.17, 15) is 9.59 Å². The van der Waals surface area contributed by atoms with E-state index in [0.29, 0.717) is 33.4 Å². The van der Waals surface area contributed by atoms with Gasteiger partial charge in [0.05, 0.1) is 10.9 Å². The molecule has 0 unspecified atom stereocenters. The minimum atomic E-state index is -0.462. The van der Waals surface area contributed by atoms with Gasteiger partial charge in [-0.15, -0.1) is 0 Å². The van der Waals surface area contributed by atoms with Gasteiger partial charge in [-0.25, -0.2) is 4.79 Å². The van der Waals surface area contributed by atoms with Crippen LogP contribution in [0, 0.1) is 25.2 Å². The predicted octanol–water partition coefficient (Wildman–Crippen LogP) is 2.51. The highest BCUT2D eigenvalue weighted by Crippen LogP contribution is 2.34. The third kappa shape index (κ3) is 2.28. The van der Waals surface area contributed by atoms with Gasteiger partial charge >= 0.3 is 5.63 Å². The van der Waals surface area contributed by atoms with Gasteiger partial charge < -0.3 is 9.15 Å². The Morgan fingerprint density at radius 2 is 2.05 bits per heavy atom. The van der Waals surface area contributed by atoms with Crippen LogP contribution in [-0.2, 0) is 0 Å². The first-order valence-corrected chi connectivity index (χ1v) is 6.04. The van der Waals surface area contributed by atoms with E-state index in [0.717, 1.165) is 0 Å². The average Bonchev–Trinajstić information content (AvgIpc) is 2.33. The van der Waals surface area contributed by atoms with E-state index in [4.69, 9.17) is 14.4 Å². The Labute approximate surface area is 115 Å². The third-order valence-corrected chi connectivity index (χ3v) is 3.01. The van der Waals surface area contributed by atoms with E-state index in [2.05, 4.69) is 0 Å². The number of ketones is 1. The van der Waals surface area contributed by atoms with Crippen molar-refractivity contribution in [1.82, 2.24) is 0 Å². The van der Waals surface area contributed by atoms with E-state index in [1.54, 1.807) is 19.9 Å². The Balaban J connectivity index is 2.92. The molecule has 102 valence electrons. The summed E-state index contributed by atoms with van der Waals surface area (Å²) in [5, 5.41) is 9.23. The Kier molecular flexibility index (Phi) is 3.57. The van der Waals surface area contributed by atoms with Crippen LogP contribution in [-0.4, -0.2) is 12.4 Å². The smallest absolute Gasteiger partial charge is 0.336 e. The number of benzene rings is 1. The molecule has 2 rings (SSSR count). The minimum absolute atomic E-state index is 0.164. The molecule has 0 N–H and O–H groups in total. The summed E-state index contributed by atoms with van der Waals surface area (Å²) in [5.41, 5.74) is 1.59. The minimum Gasteiger partial charge on any atom is -0.477 e. The quantitative estimate of drug-likeness (QED) is 0.633. The second-order valence-electron chi connectivity index (χ2n) is 4.52. The zero-order chi connectivity index (χ0) is 14.9. The van der Waals surface area contributed by atoms with Crippen molar-refractivity contribution < 1.29 is 13.9 Å². The lowest BCUT2D eigenvalue weighted by Crippen LogP contribution is -2.07. The normalized spacial score (nSPS) is 10.3. The van der Waals surface area contributed by atoms with Crippen LogP contribution in [0.1, 0.15) is 28.4 Å². The standard InChI is InChI=1S/C15H13NO4/c1-8-6-11-14(9(2)7-12(18)20-11)15(19-5-4-16)13(8)10(3)17/h6-7H,5H2,1-3H3. The first-order valence-electron chi connectivity index (χ1n) is 6.04. The molecular formula is C15H13NO4. The lowest BCUT2D eigenvalue weighted by molar-refractivity contribution is 0.101. The van der Waals surface area contributed by atoms with E-state index >= 15 is 0 Å². The largest absolute Gasteiger partial charge is 0.477 e. The van der Waals surface area contributed by atoms with Crippen LogP contribution in [0.4, 0.5) is 0 Å². The molecule has 20 heavy (non-hydrogen) atoms. The zero-order valence-electron chi connectivity index (χ0n) is 11.4. The molecule has 0 saturated carbocycles. The Morgan fingerprint density at radius 1 is 1.35 bits per heavy atom. The molecule has 0 atom stereocenters. The van der Waals surface area contributed by atoms with Crippen LogP contribution in [0.5, 0.6) is 5.75 Å². The fourth-order valence-electron chi connectivity index (χ4n) is 2.28. The molecule has 0 radical (unpaired) electrons. The van der Waals surface area contributed by atoms with E-state index < -0.39 is 5.63 Å². The molecule has 1 aromatic heterocycles. The monoisotopic (exact) mass is 271 g/mol. The lowest BCUT2D eigenvalue weighted by Gasteiger charge is -2.14. The van der Waals surface area contributed by atoms with Crippen LogP contribution >= 0.6 is 0 Å². The molecule has 5 heteroatoms. The van der Waals surface area contributed by atoms with Gasteiger partial charge in [0.2, 0.25) is 0 Å².